The van der Waals surface area contributed by atoms with Crippen LogP contribution in [0.15, 0.2) is 18.2 Å². The molecule has 1 N–H and O–H groups in total. The van der Waals surface area contributed by atoms with Gasteiger partial charge in [0.15, 0.2) is 0 Å². The first-order valence-corrected chi connectivity index (χ1v) is 8.09. The molecule has 0 radical (unpaired) electrons. The molecule has 0 saturated heterocycles. The molecule has 7 heteroatoms. The molecular formula is C12H15ClN2O3S. The Balaban J connectivity index is 2.36. The first-order chi connectivity index (χ1) is 8.93. The molecule has 0 fully saturated rings. The van der Waals surface area contributed by atoms with Crippen LogP contribution < -0.4 is 9.62 Å². The Kier molecular flexibility index (Phi) is 4.01. The van der Waals surface area contributed by atoms with Crippen LogP contribution in [0.1, 0.15) is 18.9 Å². The second kappa shape index (κ2) is 5.38. The fourth-order valence-corrected chi connectivity index (χ4v) is 2.88. The standard InChI is InChI=1S/C12H15ClN2O3S/c1-9(16)15-6-2-3-10-4-5-11(7-12(10)15)14-19(17,18)8-13/h4-5,7,14H,2-3,6,8H2,1H3. The second-order valence-electron chi connectivity index (χ2n) is 4.44. The van der Waals surface area contributed by atoms with Crippen LogP contribution in [-0.2, 0) is 21.2 Å². The number of carbonyl (C=O) groups is 1. The van der Waals surface area contributed by atoms with Crippen molar-refractivity contribution in [2.75, 3.05) is 21.4 Å². The Morgan fingerprint density at radius 1 is 1.47 bits per heavy atom. The number of aryl methyl sites for hydroxylation is 1. The van der Waals surface area contributed by atoms with Gasteiger partial charge >= 0.3 is 0 Å². The average Bonchev–Trinajstić information content (AvgIpc) is 2.37. The van der Waals surface area contributed by atoms with E-state index in [0.717, 1.165) is 24.1 Å². The molecule has 2 rings (SSSR count). The molecule has 1 heterocycles. The molecule has 0 atom stereocenters. The molecule has 0 unspecified atom stereocenters. The Morgan fingerprint density at radius 2 is 2.21 bits per heavy atom. The number of fused-ring (bicyclic) bond motifs is 1. The van der Waals surface area contributed by atoms with Crippen LogP contribution in [0.4, 0.5) is 11.4 Å². The highest BCUT2D eigenvalue weighted by Crippen LogP contribution is 2.30. The molecule has 1 aliphatic heterocycles. The summed E-state index contributed by atoms with van der Waals surface area (Å²) in [7, 11) is -3.52. The third-order valence-corrected chi connectivity index (χ3v) is 4.70. The fraction of sp³-hybridized carbons (Fsp3) is 0.417. The molecule has 0 spiro atoms. The third kappa shape index (κ3) is 3.19. The van der Waals surface area contributed by atoms with E-state index in [1.54, 1.807) is 17.0 Å². The zero-order valence-electron chi connectivity index (χ0n) is 10.5. The highest BCUT2D eigenvalue weighted by molar-refractivity contribution is 7.93. The van der Waals surface area contributed by atoms with Crippen LogP contribution in [0.3, 0.4) is 0 Å². The summed E-state index contributed by atoms with van der Waals surface area (Å²) in [5, 5.41) is -0.499. The first kappa shape index (κ1) is 14.1. The zero-order valence-corrected chi connectivity index (χ0v) is 12.1. The number of amides is 1. The summed E-state index contributed by atoms with van der Waals surface area (Å²) < 4.78 is 25.2. The van der Waals surface area contributed by atoms with Gasteiger partial charge in [-0.2, -0.15) is 0 Å². The number of rotatable bonds is 3. The Hall–Kier alpha value is -1.27. The maximum Gasteiger partial charge on any atom is 0.246 e. The van der Waals surface area contributed by atoms with Gasteiger partial charge in [-0.15, -0.1) is 11.6 Å². The molecular weight excluding hydrogens is 288 g/mol. The van der Waals surface area contributed by atoms with E-state index in [-0.39, 0.29) is 5.91 Å². The van der Waals surface area contributed by atoms with E-state index in [9.17, 15) is 13.2 Å². The largest absolute Gasteiger partial charge is 0.312 e. The third-order valence-electron chi connectivity index (χ3n) is 3.00. The van der Waals surface area contributed by atoms with Crippen molar-refractivity contribution in [1.82, 2.24) is 0 Å². The average molecular weight is 303 g/mol. The van der Waals surface area contributed by atoms with Crippen molar-refractivity contribution in [3.63, 3.8) is 0 Å². The summed E-state index contributed by atoms with van der Waals surface area (Å²) in [6.45, 7) is 2.17. The first-order valence-electron chi connectivity index (χ1n) is 5.90. The van der Waals surface area contributed by atoms with Crippen LogP contribution >= 0.6 is 11.6 Å². The molecule has 1 aliphatic rings. The van der Waals surface area contributed by atoms with E-state index in [2.05, 4.69) is 4.72 Å². The normalized spacial score (nSPS) is 14.9. The lowest BCUT2D eigenvalue weighted by Crippen LogP contribution is -2.33. The highest BCUT2D eigenvalue weighted by atomic mass is 35.5. The molecule has 0 bridgehead atoms. The lowest BCUT2D eigenvalue weighted by molar-refractivity contribution is -0.116. The number of hydrogen-bond donors (Lipinski definition) is 1. The zero-order chi connectivity index (χ0) is 14.0. The predicted molar refractivity (Wildman–Crippen MR) is 76.1 cm³/mol. The molecule has 19 heavy (non-hydrogen) atoms. The monoisotopic (exact) mass is 302 g/mol. The molecule has 0 aliphatic carbocycles. The Labute approximate surface area is 117 Å². The molecule has 1 aromatic carbocycles. The maximum atomic E-state index is 11.6. The van der Waals surface area contributed by atoms with Crippen LogP contribution in [-0.4, -0.2) is 26.1 Å². The van der Waals surface area contributed by atoms with Crippen molar-refractivity contribution in [2.24, 2.45) is 0 Å². The Morgan fingerprint density at radius 3 is 2.84 bits per heavy atom. The lowest BCUT2D eigenvalue weighted by atomic mass is 10.0. The van der Waals surface area contributed by atoms with Crippen LogP contribution in [0.2, 0.25) is 0 Å². The number of sulfonamides is 1. The molecule has 0 saturated carbocycles. The van der Waals surface area contributed by atoms with E-state index < -0.39 is 15.2 Å². The second-order valence-corrected chi connectivity index (χ2v) is 6.75. The fourth-order valence-electron chi connectivity index (χ4n) is 2.17. The minimum Gasteiger partial charge on any atom is -0.312 e. The molecule has 0 aromatic heterocycles. The molecule has 104 valence electrons. The van der Waals surface area contributed by atoms with Crippen molar-refractivity contribution < 1.29 is 13.2 Å². The van der Waals surface area contributed by atoms with Gasteiger partial charge in [0.05, 0.1) is 5.69 Å². The Bertz CT molecular complexity index is 601. The van der Waals surface area contributed by atoms with Crippen molar-refractivity contribution >= 4 is 38.9 Å². The summed E-state index contributed by atoms with van der Waals surface area (Å²) >= 11 is 5.35. The predicted octanol–water partition coefficient (Wildman–Crippen LogP) is 1.92. The van der Waals surface area contributed by atoms with Gasteiger partial charge < -0.3 is 4.90 Å². The molecule has 5 nitrogen and oxygen atoms in total. The van der Waals surface area contributed by atoms with Crippen molar-refractivity contribution in [2.45, 2.75) is 19.8 Å². The minimum absolute atomic E-state index is 0.0432. The van der Waals surface area contributed by atoms with Crippen molar-refractivity contribution in [3.05, 3.63) is 23.8 Å². The van der Waals surface area contributed by atoms with Crippen molar-refractivity contribution in [1.29, 1.82) is 0 Å². The number of hydrogen-bond acceptors (Lipinski definition) is 3. The van der Waals surface area contributed by atoms with Crippen LogP contribution in [0.25, 0.3) is 0 Å². The number of carbonyl (C=O) groups excluding carboxylic acids is 1. The van der Waals surface area contributed by atoms with Gasteiger partial charge in [-0.1, -0.05) is 6.07 Å². The van der Waals surface area contributed by atoms with E-state index >= 15 is 0 Å². The van der Waals surface area contributed by atoms with Crippen LogP contribution in [0, 0.1) is 0 Å². The van der Waals surface area contributed by atoms with Gasteiger partial charge in [-0.3, -0.25) is 9.52 Å². The number of halogens is 1. The topological polar surface area (TPSA) is 66.5 Å². The van der Waals surface area contributed by atoms with E-state index in [4.69, 9.17) is 11.6 Å². The number of nitrogens with one attached hydrogen (secondary N) is 1. The van der Waals surface area contributed by atoms with E-state index in [1.165, 1.54) is 6.92 Å². The maximum absolute atomic E-state index is 11.6. The van der Waals surface area contributed by atoms with Gasteiger partial charge in [0, 0.05) is 19.2 Å². The number of alkyl halides is 1. The van der Waals surface area contributed by atoms with Gasteiger partial charge in [-0.05, 0) is 30.5 Å². The minimum atomic E-state index is -3.52. The smallest absolute Gasteiger partial charge is 0.246 e. The summed E-state index contributed by atoms with van der Waals surface area (Å²) in [4.78, 5) is 13.2. The number of benzene rings is 1. The SMILES string of the molecule is CC(=O)N1CCCc2ccc(NS(=O)(=O)CCl)cc21. The number of anilines is 2. The van der Waals surface area contributed by atoms with Crippen molar-refractivity contribution in [3.8, 4) is 0 Å². The number of nitrogens with zero attached hydrogens (tertiary/aromatic N) is 1. The van der Waals surface area contributed by atoms with E-state index in [1.807, 2.05) is 6.07 Å². The lowest BCUT2D eigenvalue weighted by Gasteiger charge is -2.29. The quantitative estimate of drug-likeness (QED) is 0.868. The summed E-state index contributed by atoms with van der Waals surface area (Å²) in [5.41, 5.74) is 2.25. The van der Waals surface area contributed by atoms with E-state index in [0.29, 0.717) is 12.2 Å². The summed E-state index contributed by atoms with van der Waals surface area (Å²) in [6, 6.07) is 5.21. The molecule has 1 amide bonds. The highest BCUT2D eigenvalue weighted by Gasteiger charge is 2.20. The van der Waals surface area contributed by atoms with Gasteiger partial charge in [0.25, 0.3) is 0 Å². The summed E-state index contributed by atoms with van der Waals surface area (Å²) in [6.07, 6.45) is 1.81. The van der Waals surface area contributed by atoms with Crippen LogP contribution in [0.5, 0.6) is 0 Å². The summed E-state index contributed by atoms with van der Waals surface area (Å²) in [5.74, 6) is -0.0432. The van der Waals surface area contributed by atoms with Gasteiger partial charge in [0.1, 0.15) is 5.21 Å². The molecule has 1 aromatic rings. The van der Waals surface area contributed by atoms with Gasteiger partial charge in [-0.25, -0.2) is 8.42 Å². The van der Waals surface area contributed by atoms with Gasteiger partial charge in [0.2, 0.25) is 15.9 Å².